The molecule has 0 unspecified atom stereocenters. The van der Waals surface area contributed by atoms with Crippen molar-refractivity contribution in [1.82, 2.24) is 0 Å². The molecular weight excluding hydrogens is 284 g/mol. The van der Waals surface area contributed by atoms with Gasteiger partial charge >= 0.3 is 5.97 Å². The lowest BCUT2D eigenvalue weighted by atomic mass is 10.1. The largest absolute Gasteiger partial charge is 0.496 e. The van der Waals surface area contributed by atoms with Gasteiger partial charge in [-0.2, -0.15) is 0 Å². The monoisotopic (exact) mass is 302 g/mol. The van der Waals surface area contributed by atoms with Gasteiger partial charge in [-0.1, -0.05) is 30.3 Å². The van der Waals surface area contributed by atoms with Gasteiger partial charge in [-0.3, -0.25) is 0 Å². The van der Waals surface area contributed by atoms with Crippen LogP contribution in [0.3, 0.4) is 0 Å². The van der Waals surface area contributed by atoms with Crippen LogP contribution < -0.4 is 14.2 Å². The van der Waals surface area contributed by atoms with Gasteiger partial charge in [0.2, 0.25) is 0 Å². The van der Waals surface area contributed by atoms with Gasteiger partial charge in [0.15, 0.2) is 17.6 Å². The molecule has 2 rings (SSSR count). The van der Waals surface area contributed by atoms with Crippen LogP contribution in [0.25, 0.3) is 0 Å². The molecular formula is C17H18O5. The molecule has 0 spiro atoms. The Labute approximate surface area is 129 Å². The molecule has 1 N–H and O–H groups in total. The molecule has 2 aromatic carbocycles. The van der Waals surface area contributed by atoms with E-state index in [0.717, 1.165) is 5.56 Å². The standard InChI is InChI=1S/C17H18O5/c1-20-13-8-4-3-7-12(13)11-16(17(18)19)22-15-10-6-5-9-14(15)21-2/h3-10,16H,11H2,1-2H3,(H,18,19)/t16-/m0/s1. The van der Waals surface area contributed by atoms with Crippen LogP contribution in [0.1, 0.15) is 5.56 Å². The van der Waals surface area contributed by atoms with Crippen LogP contribution in [0.4, 0.5) is 0 Å². The van der Waals surface area contributed by atoms with E-state index < -0.39 is 12.1 Å². The zero-order chi connectivity index (χ0) is 15.9. The molecule has 0 aliphatic carbocycles. The fraction of sp³-hybridized carbons (Fsp3) is 0.235. The first-order chi connectivity index (χ1) is 10.7. The molecule has 0 heterocycles. The first kappa shape index (κ1) is 15.7. The number of benzene rings is 2. The van der Waals surface area contributed by atoms with Gasteiger partial charge in [0.05, 0.1) is 14.2 Å². The predicted molar refractivity (Wildman–Crippen MR) is 81.7 cm³/mol. The minimum absolute atomic E-state index is 0.192. The molecule has 0 bridgehead atoms. The zero-order valence-electron chi connectivity index (χ0n) is 12.5. The summed E-state index contributed by atoms with van der Waals surface area (Å²) in [6, 6.07) is 14.2. The van der Waals surface area contributed by atoms with Gasteiger partial charge in [-0.15, -0.1) is 0 Å². The molecule has 0 saturated carbocycles. The average molecular weight is 302 g/mol. The quantitative estimate of drug-likeness (QED) is 0.852. The Morgan fingerprint density at radius 2 is 1.50 bits per heavy atom. The van der Waals surface area contributed by atoms with Crippen molar-refractivity contribution in [3.8, 4) is 17.2 Å². The molecule has 0 amide bonds. The Kier molecular flexibility index (Phi) is 5.25. The van der Waals surface area contributed by atoms with Crippen molar-refractivity contribution in [1.29, 1.82) is 0 Å². The van der Waals surface area contributed by atoms with E-state index in [0.29, 0.717) is 17.2 Å². The van der Waals surface area contributed by atoms with Crippen LogP contribution in [0, 0.1) is 0 Å². The molecule has 0 saturated heterocycles. The second-order valence-electron chi connectivity index (χ2n) is 4.61. The molecule has 0 aromatic heterocycles. The summed E-state index contributed by atoms with van der Waals surface area (Å²) in [5.74, 6) is 0.482. The minimum atomic E-state index is -1.04. The first-order valence-corrected chi connectivity index (χ1v) is 6.80. The Balaban J connectivity index is 2.22. The SMILES string of the molecule is COc1ccccc1C[C@H](Oc1ccccc1OC)C(=O)O. The van der Waals surface area contributed by atoms with Crippen LogP contribution >= 0.6 is 0 Å². The zero-order valence-corrected chi connectivity index (χ0v) is 12.5. The molecule has 5 nitrogen and oxygen atoms in total. The van der Waals surface area contributed by atoms with E-state index in [1.807, 2.05) is 18.2 Å². The van der Waals surface area contributed by atoms with Gasteiger partial charge in [0.1, 0.15) is 5.75 Å². The average Bonchev–Trinajstić information content (AvgIpc) is 2.55. The molecule has 0 radical (unpaired) electrons. The van der Waals surface area contributed by atoms with Crippen molar-refractivity contribution in [2.24, 2.45) is 0 Å². The summed E-state index contributed by atoms with van der Waals surface area (Å²) in [6.45, 7) is 0. The van der Waals surface area contributed by atoms with Crippen LogP contribution in [0.15, 0.2) is 48.5 Å². The lowest BCUT2D eigenvalue weighted by Gasteiger charge is -2.18. The molecule has 0 fully saturated rings. The lowest BCUT2D eigenvalue weighted by molar-refractivity contribution is -0.145. The van der Waals surface area contributed by atoms with Crippen molar-refractivity contribution in [3.05, 3.63) is 54.1 Å². The molecule has 5 heteroatoms. The summed E-state index contributed by atoms with van der Waals surface area (Å²) in [4.78, 5) is 11.5. The molecule has 0 aliphatic rings. The summed E-state index contributed by atoms with van der Waals surface area (Å²) in [5.41, 5.74) is 0.771. The number of carbonyl (C=O) groups is 1. The third-order valence-corrected chi connectivity index (χ3v) is 3.21. The summed E-state index contributed by atoms with van der Waals surface area (Å²) in [6.07, 6.45) is -0.843. The Bertz CT molecular complexity index is 589. The van der Waals surface area contributed by atoms with E-state index in [2.05, 4.69) is 0 Å². The van der Waals surface area contributed by atoms with Crippen molar-refractivity contribution in [3.63, 3.8) is 0 Å². The summed E-state index contributed by atoms with van der Waals surface area (Å²) >= 11 is 0. The third-order valence-electron chi connectivity index (χ3n) is 3.21. The molecule has 116 valence electrons. The van der Waals surface area contributed by atoms with Crippen molar-refractivity contribution in [2.75, 3.05) is 14.2 Å². The number of methoxy groups -OCH3 is 2. The third kappa shape index (κ3) is 3.69. The number of hydrogen-bond acceptors (Lipinski definition) is 4. The van der Waals surface area contributed by atoms with E-state index in [-0.39, 0.29) is 6.42 Å². The number of ether oxygens (including phenoxy) is 3. The number of para-hydroxylation sites is 3. The maximum Gasteiger partial charge on any atom is 0.345 e. The summed E-state index contributed by atoms with van der Waals surface area (Å²) in [5, 5.41) is 9.42. The van der Waals surface area contributed by atoms with E-state index in [1.54, 1.807) is 37.4 Å². The van der Waals surface area contributed by atoms with Crippen LogP contribution in [-0.4, -0.2) is 31.4 Å². The number of hydrogen-bond donors (Lipinski definition) is 1. The lowest BCUT2D eigenvalue weighted by Crippen LogP contribution is -2.29. The Hall–Kier alpha value is -2.69. The normalized spacial score (nSPS) is 11.5. The highest BCUT2D eigenvalue weighted by Crippen LogP contribution is 2.28. The van der Waals surface area contributed by atoms with Crippen molar-refractivity contribution in [2.45, 2.75) is 12.5 Å². The van der Waals surface area contributed by atoms with Crippen LogP contribution in [0.2, 0.25) is 0 Å². The maximum atomic E-state index is 11.5. The van der Waals surface area contributed by atoms with E-state index in [1.165, 1.54) is 7.11 Å². The van der Waals surface area contributed by atoms with Crippen LogP contribution in [-0.2, 0) is 11.2 Å². The predicted octanol–water partition coefficient (Wildman–Crippen LogP) is 2.78. The fourth-order valence-electron chi connectivity index (χ4n) is 2.12. The second-order valence-corrected chi connectivity index (χ2v) is 4.61. The summed E-state index contributed by atoms with van der Waals surface area (Å²) in [7, 11) is 3.06. The van der Waals surface area contributed by atoms with E-state index in [4.69, 9.17) is 14.2 Å². The van der Waals surface area contributed by atoms with Gasteiger partial charge in [0.25, 0.3) is 0 Å². The highest BCUT2D eigenvalue weighted by molar-refractivity contribution is 5.73. The van der Waals surface area contributed by atoms with Gasteiger partial charge in [-0.25, -0.2) is 4.79 Å². The van der Waals surface area contributed by atoms with Gasteiger partial charge in [-0.05, 0) is 23.8 Å². The highest BCUT2D eigenvalue weighted by Gasteiger charge is 2.23. The molecule has 2 aromatic rings. The van der Waals surface area contributed by atoms with Gasteiger partial charge in [0, 0.05) is 6.42 Å². The molecule has 0 aliphatic heterocycles. The minimum Gasteiger partial charge on any atom is -0.496 e. The summed E-state index contributed by atoms with van der Waals surface area (Å²) < 4.78 is 16.0. The first-order valence-electron chi connectivity index (χ1n) is 6.80. The molecule has 1 atom stereocenters. The van der Waals surface area contributed by atoms with E-state index in [9.17, 15) is 9.90 Å². The van der Waals surface area contributed by atoms with Gasteiger partial charge < -0.3 is 19.3 Å². The fourth-order valence-corrected chi connectivity index (χ4v) is 2.12. The number of carboxylic acid groups (broad SMARTS) is 1. The highest BCUT2D eigenvalue weighted by atomic mass is 16.5. The van der Waals surface area contributed by atoms with Crippen LogP contribution in [0.5, 0.6) is 17.2 Å². The topological polar surface area (TPSA) is 65.0 Å². The Morgan fingerprint density at radius 1 is 0.955 bits per heavy atom. The number of rotatable bonds is 7. The van der Waals surface area contributed by atoms with Crippen molar-refractivity contribution >= 4 is 5.97 Å². The number of aliphatic carboxylic acids is 1. The maximum absolute atomic E-state index is 11.5. The number of carboxylic acids is 1. The second kappa shape index (κ2) is 7.36. The van der Waals surface area contributed by atoms with E-state index >= 15 is 0 Å². The smallest absolute Gasteiger partial charge is 0.345 e. The molecule has 22 heavy (non-hydrogen) atoms. The van der Waals surface area contributed by atoms with Crippen molar-refractivity contribution < 1.29 is 24.1 Å². The Morgan fingerprint density at radius 3 is 2.09 bits per heavy atom.